The van der Waals surface area contributed by atoms with E-state index in [1.807, 2.05) is 0 Å². The number of hydrogen-bond acceptors (Lipinski definition) is 5. The summed E-state index contributed by atoms with van der Waals surface area (Å²) in [5.74, 6) is 0.553. The van der Waals surface area contributed by atoms with Crippen LogP contribution < -0.4 is 20.7 Å². The molecule has 0 aliphatic heterocycles. The van der Waals surface area contributed by atoms with Crippen LogP contribution in [0.4, 0.5) is 21.9 Å². The van der Waals surface area contributed by atoms with Crippen molar-refractivity contribution in [3.8, 4) is 5.75 Å². The number of hydrogen-bond donors (Lipinski definition) is 5. The number of halogens is 1. The predicted octanol–water partition coefficient (Wildman–Crippen LogP) is 2.89. The maximum atomic E-state index is 12.2. The van der Waals surface area contributed by atoms with Gasteiger partial charge in [-0.15, -0.1) is 0 Å². The van der Waals surface area contributed by atoms with E-state index in [2.05, 4.69) is 16.0 Å². The summed E-state index contributed by atoms with van der Waals surface area (Å²) in [5, 5.41) is 27.0. The summed E-state index contributed by atoms with van der Waals surface area (Å²) in [6.45, 7) is 0.0734. The van der Waals surface area contributed by atoms with E-state index in [1.54, 1.807) is 36.4 Å². The Labute approximate surface area is 150 Å². The zero-order valence-electron chi connectivity index (χ0n) is 13.7. The van der Waals surface area contributed by atoms with Crippen molar-refractivity contribution in [3.63, 3.8) is 0 Å². The van der Waals surface area contributed by atoms with Crippen LogP contribution in [0.5, 0.6) is 5.75 Å². The first kappa shape index (κ1) is 18.9. The molecule has 2 aromatic rings. The van der Waals surface area contributed by atoms with Crippen LogP contribution in [-0.2, 0) is 6.61 Å². The van der Waals surface area contributed by atoms with E-state index in [-0.39, 0.29) is 13.2 Å². The molecule has 0 aromatic heterocycles. The van der Waals surface area contributed by atoms with E-state index < -0.39 is 6.03 Å². The largest absolute Gasteiger partial charge is 0.497 e. The van der Waals surface area contributed by atoms with Gasteiger partial charge in [0.2, 0.25) is 0 Å². The average Bonchev–Trinajstić information content (AvgIpc) is 2.59. The van der Waals surface area contributed by atoms with Gasteiger partial charge in [-0.2, -0.15) is 0 Å². The zero-order chi connectivity index (χ0) is 18.2. The Hall–Kier alpha value is -2.48. The molecule has 5 N–H and O–H groups in total. The van der Waals surface area contributed by atoms with Gasteiger partial charge in [-0.05, 0) is 18.2 Å². The quantitative estimate of drug-likeness (QED) is 0.519. The summed E-state index contributed by atoms with van der Waals surface area (Å²) in [6, 6.07) is 9.60. The highest BCUT2D eigenvalue weighted by atomic mass is 35.5. The molecule has 0 radical (unpaired) electrons. The van der Waals surface area contributed by atoms with Gasteiger partial charge in [-0.25, -0.2) is 4.79 Å². The van der Waals surface area contributed by atoms with Gasteiger partial charge in [-0.3, -0.25) is 0 Å². The molecule has 0 unspecified atom stereocenters. The molecule has 0 aliphatic rings. The van der Waals surface area contributed by atoms with Gasteiger partial charge in [0.1, 0.15) is 5.75 Å². The number of urea groups is 1. The molecule has 0 fully saturated rings. The predicted molar refractivity (Wildman–Crippen MR) is 98.6 cm³/mol. The lowest BCUT2D eigenvalue weighted by Gasteiger charge is -2.14. The smallest absolute Gasteiger partial charge is 0.323 e. The molecule has 0 bridgehead atoms. The number of aliphatic hydroxyl groups excluding tert-OH is 2. The van der Waals surface area contributed by atoms with E-state index in [9.17, 15) is 9.90 Å². The van der Waals surface area contributed by atoms with Crippen molar-refractivity contribution in [1.82, 2.24) is 0 Å². The number of rotatable bonds is 7. The molecule has 7 nitrogen and oxygen atoms in total. The normalized spacial score (nSPS) is 10.2. The first-order valence-electron chi connectivity index (χ1n) is 7.57. The summed E-state index contributed by atoms with van der Waals surface area (Å²) < 4.78 is 5.20. The van der Waals surface area contributed by atoms with Crippen molar-refractivity contribution < 1.29 is 19.7 Å². The minimum atomic E-state index is -0.488. The molecule has 0 aliphatic carbocycles. The van der Waals surface area contributed by atoms with Crippen LogP contribution in [0.3, 0.4) is 0 Å². The summed E-state index contributed by atoms with van der Waals surface area (Å²) >= 11 is 6.01. The van der Waals surface area contributed by atoms with Gasteiger partial charge in [0.05, 0.1) is 20.3 Å². The maximum absolute atomic E-state index is 12.2. The van der Waals surface area contributed by atoms with Gasteiger partial charge in [-0.1, -0.05) is 17.7 Å². The van der Waals surface area contributed by atoms with Gasteiger partial charge < -0.3 is 30.9 Å². The fourth-order valence-electron chi connectivity index (χ4n) is 2.21. The number of nitrogens with one attached hydrogen (secondary N) is 3. The number of carbonyl (C=O) groups excluding carboxylic acids is 1. The topological polar surface area (TPSA) is 103 Å². The zero-order valence-corrected chi connectivity index (χ0v) is 14.4. The van der Waals surface area contributed by atoms with Crippen molar-refractivity contribution in [3.05, 3.63) is 47.0 Å². The van der Waals surface area contributed by atoms with E-state index in [0.717, 1.165) is 0 Å². The fourth-order valence-corrected chi connectivity index (χ4v) is 2.45. The molecular weight excluding hydrogens is 346 g/mol. The molecule has 2 amide bonds. The monoisotopic (exact) mass is 365 g/mol. The summed E-state index contributed by atoms with van der Waals surface area (Å²) in [4.78, 5) is 12.2. The van der Waals surface area contributed by atoms with E-state index in [4.69, 9.17) is 21.4 Å². The van der Waals surface area contributed by atoms with Crippen LogP contribution in [0.25, 0.3) is 0 Å². The first-order valence-corrected chi connectivity index (χ1v) is 7.95. The third kappa shape index (κ3) is 5.25. The number of amides is 2. The summed E-state index contributed by atoms with van der Waals surface area (Å²) in [6.07, 6.45) is 0. The second kappa shape index (κ2) is 9.12. The Bertz CT molecular complexity index is 740. The van der Waals surface area contributed by atoms with Gasteiger partial charge in [0.15, 0.2) is 0 Å². The van der Waals surface area contributed by atoms with Crippen LogP contribution in [-0.4, -0.2) is 36.5 Å². The molecule has 0 saturated heterocycles. The fraction of sp³-hybridized carbons (Fsp3) is 0.235. The van der Waals surface area contributed by atoms with Crippen molar-refractivity contribution in [2.45, 2.75) is 6.61 Å². The second-order valence-corrected chi connectivity index (χ2v) is 5.51. The first-order chi connectivity index (χ1) is 12.1. The Morgan fingerprint density at radius 2 is 1.92 bits per heavy atom. The maximum Gasteiger partial charge on any atom is 0.323 e. The minimum Gasteiger partial charge on any atom is -0.497 e. The molecule has 0 heterocycles. The van der Waals surface area contributed by atoms with Crippen LogP contribution in [0.15, 0.2) is 36.4 Å². The second-order valence-electron chi connectivity index (χ2n) is 5.10. The van der Waals surface area contributed by atoms with Crippen molar-refractivity contribution in [2.75, 3.05) is 36.2 Å². The van der Waals surface area contributed by atoms with Crippen molar-refractivity contribution >= 4 is 34.7 Å². The average molecular weight is 366 g/mol. The standard InChI is InChI=1S/C17H20ClN3O4/c1-25-13-8-11(19-5-6-22)7-12(9-13)20-17(24)21-16-4-2-3-15(18)14(16)10-23/h2-4,7-9,19,22-23H,5-6,10H2,1H3,(H2,20,21,24). The Kier molecular flexibility index (Phi) is 6.88. The van der Waals surface area contributed by atoms with Gasteiger partial charge >= 0.3 is 6.03 Å². The molecular formula is C17H20ClN3O4. The molecule has 8 heteroatoms. The lowest BCUT2D eigenvalue weighted by atomic mass is 10.2. The lowest BCUT2D eigenvalue weighted by molar-refractivity contribution is 0.262. The third-order valence-electron chi connectivity index (χ3n) is 3.37. The molecule has 25 heavy (non-hydrogen) atoms. The molecule has 0 saturated carbocycles. The van der Waals surface area contributed by atoms with Crippen LogP contribution in [0.1, 0.15) is 5.56 Å². The Morgan fingerprint density at radius 1 is 1.16 bits per heavy atom. The summed E-state index contributed by atoms with van der Waals surface area (Å²) in [7, 11) is 1.52. The molecule has 2 aromatic carbocycles. The lowest BCUT2D eigenvalue weighted by Crippen LogP contribution is -2.20. The van der Waals surface area contributed by atoms with E-state index >= 15 is 0 Å². The Balaban J connectivity index is 2.13. The van der Waals surface area contributed by atoms with E-state index in [0.29, 0.717) is 39.9 Å². The van der Waals surface area contributed by atoms with Crippen LogP contribution in [0, 0.1) is 0 Å². The van der Waals surface area contributed by atoms with E-state index in [1.165, 1.54) is 7.11 Å². The van der Waals surface area contributed by atoms with Crippen LogP contribution in [0.2, 0.25) is 5.02 Å². The molecule has 134 valence electrons. The molecule has 2 rings (SSSR count). The van der Waals surface area contributed by atoms with Crippen molar-refractivity contribution in [2.24, 2.45) is 0 Å². The van der Waals surface area contributed by atoms with Gasteiger partial charge in [0.25, 0.3) is 0 Å². The number of aliphatic hydroxyl groups is 2. The Morgan fingerprint density at radius 3 is 2.60 bits per heavy atom. The van der Waals surface area contributed by atoms with Crippen molar-refractivity contribution in [1.29, 1.82) is 0 Å². The minimum absolute atomic E-state index is 0.0147. The molecule has 0 atom stereocenters. The highest BCUT2D eigenvalue weighted by molar-refractivity contribution is 6.31. The third-order valence-corrected chi connectivity index (χ3v) is 3.72. The van der Waals surface area contributed by atoms with Crippen LogP contribution >= 0.6 is 11.6 Å². The highest BCUT2D eigenvalue weighted by Gasteiger charge is 2.10. The summed E-state index contributed by atoms with van der Waals surface area (Å²) in [5.41, 5.74) is 2.07. The van der Waals surface area contributed by atoms with Gasteiger partial charge in [0, 0.05) is 46.3 Å². The number of benzene rings is 2. The number of carbonyl (C=O) groups is 1. The highest BCUT2D eigenvalue weighted by Crippen LogP contribution is 2.26. The number of anilines is 3. The number of methoxy groups -OCH3 is 1. The molecule has 0 spiro atoms. The number of ether oxygens (including phenoxy) is 1. The SMILES string of the molecule is COc1cc(NCCO)cc(NC(=O)Nc2cccc(Cl)c2CO)c1.